The maximum absolute atomic E-state index is 11.8. The number of rotatable bonds is 5. The molecule has 0 aliphatic carbocycles. The fourth-order valence-corrected chi connectivity index (χ4v) is 2.26. The number of benzene rings is 2. The van der Waals surface area contributed by atoms with Gasteiger partial charge in [-0.15, -0.1) is 0 Å². The van der Waals surface area contributed by atoms with E-state index in [4.69, 9.17) is 37.5 Å². The van der Waals surface area contributed by atoms with E-state index in [0.29, 0.717) is 32.8 Å². The van der Waals surface area contributed by atoms with Gasteiger partial charge in [0.15, 0.2) is 18.1 Å². The SMILES string of the molecule is O=C(CO/N=C/c1ccc(Cl)c(Cl)c1)Nc1ccc2c(c1)OCO2. The fraction of sp³-hybridized carbons (Fsp3) is 0.125. The van der Waals surface area contributed by atoms with E-state index in [1.165, 1.54) is 6.21 Å². The molecule has 124 valence electrons. The highest BCUT2D eigenvalue weighted by Gasteiger charge is 2.14. The molecular formula is C16H12Cl2N2O4. The van der Waals surface area contributed by atoms with E-state index in [1.54, 1.807) is 36.4 Å². The van der Waals surface area contributed by atoms with Gasteiger partial charge in [-0.25, -0.2) is 0 Å². The molecule has 1 aliphatic heterocycles. The van der Waals surface area contributed by atoms with Crippen molar-refractivity contribution in [2.45, 2.75) is 0 Å². The van der Waals surface area contributed by atoms with Crippen LogP contribution in [0.2, 0.25) is 10.0 Å². The number of nitrogens with zero attached hydrogens (tertiary/aromatic N) is 1. The lowest BCUT2D eigenvalue weighted by Gasteiger charge is -2.05. The molecule has 0 atom stereocenters. The summed E-state index contributed by atoms with van der Waals surface area (Å²) in [6.45, 7) is -0.0501. The molecule has 0 radical (unpaired) electrons. The number of hydrogen-bond donors (Lipinski definition) is 1. The number of halogens is 2. The van der Waals surface area contributed by atoms with Crippen molar-refractivity contribution in [3.05, 3.63) is 52.0 Å². The zero-order valence-electron chi connectivity index (χ0n) is 12.3. The van der Waals surface area contributed by atoms with Crippen LogP contribution in [0.25, 0.3) is 0 Å². The molecule has 3 rings (SSSR count). The third-order valence-electron chi connectivity index (χ3n) is 3.07. The molecule has 1 amide bonds. The van der Waals surface area contributed by atoms with Gasteiger partial charge in [-0.2, -0.15) is 0 Å². The Labute approximate surface area is 147 Å². The van der Waals surface area contributed by atoms with Crippen LogP contribution in [0.3, 0.4) is 0 Å². The Morgan fingerprint density at radius 2 is 2.00 bits per heavy atom. The van der Waals surface area contributed by atoms with Crippen LogP contribution in [-0.4, -0.2) is 25.5 Å². The first-order chi connectivity index (χ1) is 11.6. The molecule has 0 bridgehead atoms. The zero-order valence-corrected chi connectivity index (χ0v) is 13.8. The first-order valence-electron chi connectivity index (χ1n) is 6.92. The summed E-state index contributed by atoms with van der Waals surface area (Å²) in [7, 11) is 0. The number of carbonyl (C=O) groups excluding carboxylic acids is 1. The summed E-state index contributed by atoms with van der Waals surface area (Å²) in [5, 5.41) is 7.27. The lowest BCUT2D eigenvalue weighted by atomic mass is 10.2. The van der Waals surface area contributed by atoms with Gasteiger partial charge in [0.1, 0.15) is 0 Å². The smallest absolute Gasteiger partial charge is 0.265 e. The fourth-order valence-electron chi connectivity index (χ4n) is 1.96. The van der Waals surface area contributed by atoms with Crippen LogP contribution in [-0.2, 0) is 9.63 Å². The minimum atomic E-state index is -0.347. The molecule has 0 aromatic heterocycles. The van der Waals surface area contributed by atoms with Crippen LogP contribution in [0, 0.1) is 0 Å². The van der Waals surface area contributed by atoms with Gasteiger partial charge in [0, 0.05) is 11.8 Å². The summed E-state index contributed by atoms with van der Waals surface area (Å²) in [5.74, 6) is 0.891. The van der Waals surface area contributed by atoms with Crippen molar-refractivity contribution in [2.24, 2.45) is 5.16 Å². The number of carbonyl (C=O) groups is 1. The predicted molar refractivity (Wildman–Crippen MR) is 91.2 cm³/mol. The molecular weight excluding hydrogens is 355 g/mol. The number of anilines is 1. The van der Waals surface area contributed by atoms with Crippen molar-refractivity contribution in [1.82, 2.24) is 0 Å². The molecule has 1 heterocycles. The first-order valence-corrected chi connectivity index (χ1v) is 7.67. The van der Waals surface area contributed by atoms with Crippen LogP contribution in [0.4, 0.5) is 5.69 Å². The van der Waals surface area contributed by atoms with Crippen LogP contribution in [0.5, 0.6) is 11.5 Å². The summed E-state index contributed by atoms with van der Waals surface area (Å²) in [4.78, 5) is 16.8. The van der Waals surface area contributed by atoms with Crippen LogP contribution >= 0.6 is 23.2 Å². The summed E-state index contributed by atoms with van der Waals surface area (Å²) < 4.78 is 10.4. The summed E-state index contributed by atoms with van der Waals surface area (Å²) in [6, 6.07) is 10.1. The van der Waals surface area contributed by atoms with Crippen molar-refractivity contribution < 1.29 is 19.1 Å². The second kappa shape index (κ2) is 7.42. The molecule has 6 nitrogen and oxygen atoms in total. The molecule has 24 heavy (non-hydrogen) atoms. The van der Waals surface area contributed by atoms with Gasteiger partial charge in [-0.1, -0.05) is 34.4 Å². The minimum absolute atomic E-state index is 0.180. The van der Waals surface area contributed by atoms with Gasteiger partial charge in [-0.3, -0.25) is 4.79 Å². The molecule has 2 aromatic rings. The van der Waals surface area contributed by atoms with E-state index in [9.17, 15) is 4.79 Å². The lowest BCUT2D eigenvalue weighted by molar-refractivity contribution is -0.120. The van der Waals surface area contributed by atoms with E-state index in [-0.39, 0.29) is 19.3 Å². The number of ether oxygens (including phenoxy) is 2. The van der Waals surface area contributed by atoms with Gasteiger partial charge < -0.3 is 19.6 Å². The Bertz CT molecular complexity index is 796. The molecule has 0 saturated carbocycles. The second-order valence-corrected chi connectivity index (χ2v) is 5.61. The largest absolute Gasteiger partial charge is 0.454 e. The van der Waals surface area contributed by atoms with Gasteiger partial charge in [0.05, 0.1) is 16.3 Å². The number of amides is 1. The van der Waals surface area contributed by atoms with Crippen LogP contribution in [0.1, 0.15) is 5.56 Å². The van der Waals surface area contributed by atoms with Crippen molar-refractivity contribution in [3.63, 3.8) is 0 Å². The lowest BCUT2D eigenvalue weighted by Crippen LogP contribution is -2.16. The zero-order chi connectivity index (χ0) is 16.9. The van der Waals surface area contributed by atoms with E-state index in [2.05, 4.69) is 10.5 Å². The van der Waals surface area contributed by atoms with Crippen molar-refractivity contribution >= 4 is 41.0 Å². The first kappa shape index (κ1) is 16.4. The molecule has 8 heteroatoms. The van der Waals surface area contributed by atoms with Crippen LogP contribution in [0.15, 0.2) is 41.6 Å². The van der Waals surface area contributed by atoms with E-state index >= 15 is 0 Å². The minimum Gasteiger partial charge on any atom is -0.454 e. The molecule has 2 aromatic carbocycles. The monoisotopic (exact) mass is 366 g/mol. The van der Waals surface area contributed by atoms with Gasteiger partial charge in [-0.05, 0) is 29.8 Å². The summed E-state index contributed by atoms with van der Waals surface area (Å²) in [6.07, 6.45) is 1.44. The Morgan fingerprint density at radius 3 is 2.83 bits per heavy atom. The molecule has 0 saturated heterocycles. The van der Waals surface area contributed by atoms with E-state index in [0.717, 1.165) is 0 Å². The predicted octanol–water partition coefficient (Wildman–Crippen LogP) is 3.71. The van der Waals surface area contributed by atoms with Crippen molar-refractivity contribution in [3.8, 4) is 11.5 Å². The quantitative estimate of drug-likeness (QED) is 0.646. The van der Waals surface area contributed by atoms with Gasteiger partial charge >= 0.3 is 0 Å². The molecule has 1 N–H and O–H groups in total. The highest BCUT2D eigenvalue weighted by molar-refractivity contribution is 6.42. The normalized spacial score (nSPS) is 12.4. The third kappa shape index (κ3) is 4.10. The van der Waals surface area contributed by atoms with E-state index < -0.39 is 0 Å². The van der Waals surface area contributed by atoms with Gasteiger partial charge in [0.25, 0.3) is 5.91 Å². The molecule has 1 aliphatic rings. The molecule has 0 fully saturated rings. The average molecular weight is 367 g/mol. The molecule has 0 unspecified atom stereocenters. The highest BCUT2D eigenvalue weighted by atomic mass is 35.5. The van der Waals surface area contributed by atoms with Crippen molar-refractivity contribution in [2.75, 3.05) is 18.7 Å². The summed E-state index contributed by atoms with van der Waals surface area (Å²) in [5.41, 5.74) is 1.29. The van der Waals surface area contributed by atoms with E-state index in [1.807, 2.05) is 0 Å². The topological polar surface area (TPSA) is 69.2 Å². The van der Waals surface area contributed by atoms with Crippen LogP contribution < -0.4 is 14.8 Å². The Morgan fingerprint density at radius 1 is 1.17 bits per heavy atom. The second-order valence-electron chi connectivity index (χ2n) is 4.80. The highest BCUT2D eigenvalue weighted by Crippen LogP contribution is 2.34. The number of oxime groups is 1. The van der Waals surface area contributed by atoms with Crippen molar-refractivity contribution in [1.29, 1.82) is 0 Å². The maximum Gasteiger partial charge on any atom is 0.265 e. The third-order valence-corrected chi connectivity index (χ3v) is 3.81. The summed E-state index contributed by atoms with van der Waals surface area (Å²) >= 11 is 11.7. The maximum atomic E-state index is 11.8. The Hall–Kier alpha value is -2.44. The standard InChI is InChI=1S/C16H12Cl2N2O4/c17-12-3-1-10(5-13(12)18)7-19-24-8-16(21)20-11-2-4-14-15(6-11)23-9-22-14/h1-7H,8-9H2,(H,20,21)/b19-7+. The molecule has 0 spiro atoms. The number of fused-ring (bicyclic) bond motifs is 1. The number of nitrogens with one attached hydrogen (secondary N) is 1. The van der Waals surface area contributed by atoms with Gasteiger partial charge in [0.2, 0.25) is 6.79 Å². The Kier molecular flexibility index (Phi) is 5.08. The number of hydrogen-bond acceptors (Lipinski definition) is 5. The Balaban J connectivity index is 1.48. The average Bonchev–Trinajstić information content (AvgIpc) is 3.02.